The van der Waals surface area contributed by atoms with Gasteiger partial charge in [0.15, 0.2) is 0 Å². The van der Waals surface area contributed by atoms with Crippen LogP contribution in [-0.4, -0.2) is 54.7 Å². The van der Waals surface area contributed by atoms with Gasteiger partial charge in [-0.05, 0) is 49.4 Å². The van der Waals surface area contributed by atoms with E-state index in [1.165, 1.54) is 24.8 Å². The van der Waals surface area contributed by atoms with Crippen molar-refractivity contribution in [1.29, 1.82) is 0 Å². The number of hydrogen-bond donors (Lipinski definition) is 2. The molecule has 2 aliphatic rings. The minimum atomic E-state index is -0.267. The molecule has 3 aromatic rings. The smallest absolute Gasteiger partial charge is 0.253 e. The molecule has 1 aliphatic heterocycles. The number of nitrogens with one attached hydrogen (secondary N) is 2. The van der Waals surface area contributed by atoms with Crippen LogP contribution in [0.1, 0.15) is 53.3 Å². The van der Waals surface area contributed by atoms with Crippen molar-refractivity contribution in [1.82, 2.24) is 14.9 Å². The zero-order valence-corrected chi connectivity index (χ0v) is 20.5. The van der Waals surface area contributed by atoms with Crippen LogP contribution in [0.15, 0.2) is 36.4 Å². The van der Waals surface area contributed by atoms with Crippen LogP contribution in [0.25, 0.3) is 11.0 Å². The molecule has 2 heterocycles. The molecule has 1 aromatic heterocycles. The van der Waals surface area contributed by atoms with Crippen LogP contribution < -0.4 is 15.5 Å². The summed E-state index contributed by atoms with van der Waals surface area (Å²) >= 11 is 0. The number of fused-ring (bicyclic) bond motifs is 2. The Bertz CT molecular complexity index is 1250. The highest BCUT2D eigenvalue weighted by Gasteiger charge is 2.27. The molecule has 0 atom stereocenters. The van der Waals surface area contributed by atoms with Gasteiger partial charge >= 0.3 is 0 Å². The number of ether oxygens (including phenoxy) is 1. The van der Waals surface area contributed by atoms with Crippen LogP contribution >= 0.6 is 0 Å². The molecule has 1 aliphatic carbocycles. The number of aromatic nitrogens is 2. The summed E-state index contributed by atoms with van der Waals surface area (Å²) in [6.45, 7) is 2.22. The lowest BCUT2D eigenvalue weighted by molar-refractivity contribution is -0.119. The van der Waals surface area contributed by atoms with Crippen LogP contribution in [0.2, 0.25) is 0 Å². The zero-order valence-electron chi connectivity index (χ0n) is 20.5. The topological polar surface area (TPSA) is 88.5 Å². The fourth-order valence-corrected chi connectivity index (χ4v) is 5.22. The van der Waals surface area contributed by atoms with E-state index in [-0.39, 0.29) is 18.4 Å². The van der Waals surface area contributed by atoms with E-state index >= 15 is 0 Å². The maximum Gasteiger partial charge on any atom is 0.253 e. The lowest BCUT2D eigenvalue weighted by Gasteiger charge is -2.31. The van der Waals surface area contributed by atoms with Gasteiger partial charge in [-0.15, -0.1) is 0 Å². The summed E-state index contributed by atoms with van der Waals surface area (Å²) in [5.41, 5.74) is 5.22. The van der Waals surface area contributed by atoms with Gasteiger partial charge in [0.2, 0.25) is 5.91 Å². The van der Waals surface area contributed by atoms with Gasteiger partial charge in [-0.25, -0.2) is 4.98 Å². The largest absolute Gasteiger partial charge is 0.375 e. The van der Waals surface area contributed by atoms with E-state index in [2.05, 4.69) is 44.4 Å². The van der Waals surface area contributed by atoms with Crippen molar-refractivity contribution in [2.24, 2.45) is 7.05 Å². The second-order valence-corrected chi connectivity index (χ2v) is 9.50. The number of anilines is 2. The third kappa shape index (κ3) is 4.75. The number of nitrogens with zero attached hydrogens (tertiary/aromatic N) is 3. The summed E-state index contributed by atoms with van der Waals surface area (Å²) in [5.74, 6) is 1.00. The Morgan fingerprint density at radius 3 is 2.77 bits per heavy atom. The van der Waals surface area contributed by atoms with E-state index < -0.39 is 0 Å². The number of imidazole rings is 1. The minimum Gasteiger partial charge on any atom is -0.375 e. The predicted octanol–water partition coefficient (Wildman–Crippen LogP) is 3.61. The number of rotatable bonds is 8. The SMILES string of the molecule is COCC(=O)Nc1cc(C(=O)NCCN2CCCc3ccccc32)c2c(c1)nc(C1CCC1)n2C. The second-order valence-electron chi connectivity index (χ2n) is 9.50. The quantitative estimate of drug-likeness (QED) is 0.520. The first-order chi connectivity index (χ1) is 17.0. The van der Waals surface area contributed by atoms with E-state index in [1.54, 1.807) is 6.07 Å². The zero-order chi connectivity index (χ0) is 24.4. The standard InChI is InChI=1S/C27H33N5O3/c1-31-25-21(27(34)28-12-14-32-13-6-10-18-7-3-4-11-23(18)32)15-20(29-24(33)17-35-2)16-22(25)30-26(31)19-8-5-9-19/h3-4,7,11,15-16,19H,5-6,8-10,12-14,17H2,1-2H3,(H,28,34)(H,29,33). The van der Waals surface area contributed by atoms with Gasteiger partial charge in [0.25, 0.3) is 5.91 Å². The summed E-state index contributed by atoms with van der Waals surface area (Å²) in [6.07, 6.45) is 5.66. The summed E-state index contributed by atoms with van der Waals surface area (Å²) < 4.78 is 6.99. The van der Waals surface area contributed by atoms with Crippen molar-refractivity contribution in [3.63, 3.8) is 0 Å². The number of carbonyl (C=O) groups is 2. The van der Waals surface area contributed by atoms with Crippen molar-refractivity contribution in [3.8, 4) is 0 Å². The first-order valence-corrected chi connectivity index (χ1v) is 12.5. The molecule has 0 unspecified atom stereocenters. The predicted molar refractivity (Wildman–Crippen MR) is 137 cm³/mol. The van der Waals surface area contributed by atoms with Crippen molar-refractivity contribution >= 4 is 34.2 Å². The monoisotopic (exact) mass is 475 g/mol. The van der Waals surface area contributed by atoms with Gasteiger partial charge < -0.3 is 24.8 Å². The third-order valence-electron chi connectivity index (χ3n) is 7.15. The molecule has 1 fully saturated rings. The molecule has 35 heavy (non-hydrogen) atoms. The van der Waals surface area contributed by atoms with E-state index in [1.807, 2.05) is 13.1 Å². The summed E-state index contributed by atoms with van der Waals surface area (Å²) in [4.78, 5) is 32.8. The maximum absolute atomic E-state index is 13.4. The van der Waals surface area contributed by atoms with Crippen LogP contribution in [-0.2, 0) is 23.0 Å². The van der Waals surface area contributed by atoms with Crippen molar-refractivity contribution < 1.29 is 14.3 Å². The van der Waals surface area contributed by atoms with Crippen LogP contribution in [0.5, 0.6) is 0 Å². The fraction of sp³-hybridized carbons (Fsp3) is 0.444. The number of benzene rings is 2. The molecule has 0 saturated heterocycles. The normalized spacial score (nSPS) is 15.5. The van der Waals surface area contributed by atoms with Crippen molar-refractivity contribution in [2.45, 2.75) is 38.0 Å². The highest BCUT2D eigenvalue weighted by atomic mass is 16.5. The Labute approximate surface area is 205 Å². The molecule has 2 N–H and O–H groups in total. The van der Waals surface area contributed by atoms with Crippen LogP contribution in [0, 0.1) is 0 Å². The molecule has 0 spiro atoms. The first kappa shape index (κ1) is 23.4. The molecule has 184 valence electrons. The van der Waals surface area contributed by atoms with Gasteiger partial charge in [0.05, 0.1) is 16.6 Å². The van der Waals surface area contributed by atoms with Crippen LogP contribution in [0.3, 0.4) is 0 Å². The third-order valence-corrected chi connectivity index (χ3v) is 7.15. The van der Waals surface area contributed by atoms with Gasteiger partial charge in [-0.2, -0.15) is 0 Å². The number of amides is 2. The summed E-state index contributed by atoms with van der Waals surface area (Å²) in [5, 5.41) is 5.94. The molecule has 1 saturated carbocycles. The van der Waals surface area contributed by atoms with Gasteiger partial charge in [0.1, 0.15) is 12.4 Å². The first-order valence-electron chi connectivity index (χ1n) is 12.5. The number of methoxy groups -OCH3 is 1. The fourth-order valence-electron chi connectivity index (χ4n) is 5.22. The van der Waals surface area contributed by atoms with E-state index in [0.717, 1.165) is 55.6 Å². The lowest BCUT2D eigenvalue weighted by Crippen LogP contribution is -2.37. The average molecular weight is 476 g/mol. The molecule has 8 heteroatoms. The lowest BCUT2D eigenvalue weighted by atomic mass is 9.85. The number of aryl methyl sites for hydroxylation is 2. The minimum absolute atomic E-state index is 0.0492. The van der Waals surface area contributed by atoms with Gasteiger partial charge in [0, 0.05) is 51.1 Å². The van der Waals surface area contributed by atoms with Crippen LogP contribution in [0.4, 0.5) is 11.4 Å². The highest BCUT2D eigenvalue weighted by Crippen LogP contribution is 2.38. The molecule has 0 bridgehead atoms. The molecule has 5 rings (SSSR count). The Morgan fingerprint density at radius 2 is 2.00 bits per heavy atom. The number of carbonyl (C=O) groups excluding carboxylic acids is 2. The van der Waals surface area contributed by atoms with Crippen molar-refractivity contribution in [2.75, 3.05) is 43.6 Å². The van der Waals surface area contributed by atoms with E-state index in [0.29, 0.717) is 23.7 Å². The number of para-hydroxylation sites is 1. The Morgan fingerprint density at radius 1 is 1.17 bits per heavy atom. The Balaban J connectivity index is 1.37. The maximum atomic E-state index is 13.4. The molecule has 2 amide bonds. The molecule has 2 aromatic carbocycles. The molecule has 0 radical (unpaired) electrons. The van der Waals surface area contributed by atoms with Crippen molar-refractivity contribution in [3.05, 3.63) is 53.3 Å². The highest BCUT2D eigenvalue weighted by molar-refractivity contribution is 6.07. The van der Waals surface area contributed by atoms with Gasteiger partial charge in [-0.1, -0.05) is 24.6 Å². The molecule has 8 nitrogen and oxygen atoms in total. The Kier molecular flexibility index (Phi) is 6.72. The number of hydrogen-bond acceptors (Lipinski definition) is 5. The average Bonchev–Trinajstić information content (AvgIpc) is 3.13. The van der Waals surface area contributed by atoms with E-state index in [4.69, 9.17) is 9.72 Å². The molecular weight excluding hydrogens is 442 g/mol. The summed E-state index contributed by atoms with van der Waals surface area (Å²) in [6, 6.07) is 12.1. The summed E-state index contributed by atoms with van der Waals surface area (Å²) in [7, 11) is 3.46. The second kappa shape index (κ2) is 10.1. The van der Waals surface area contributed by atoms with E-state index in [9.17, 15) is 9.59 Å². The van der Waals surface area contributed by atoms with Gasteiger partial charge in [-0.3, -0.25) is 9.59 Å². The molecular formula is C27H33N5O3. The Hall–Kier alpha value is -3.39.